The van der Waals surface area contributed by atoms with Crippen LogP contribution >= 0.6 is 11.3 Å². The maximum absolute atomic E-state index is 6.64. The van der Waals surface area contributed by atoms with Crippen LogP contribution in [-0.2, 0) is 0 Å². The molecule has 0 aliphatic carbocycles. The first-order valence-corrected chi connectivity index (χ1v) is 18.9. The van der Waals surface area contributed by atoms with Crippen molar-refractivity contribution in [2.75, 3.05) is 4.90 Å². The van der Waals surface area contributed by atoms with Gasteiger partial charge in [0.1, 0.15) is 5.58 Å². The van der Waals surface area contributed by atoms with Gasteiger partial charge >= 0.3 is 0 Å². The molecule has 0 spiro atoms. The van der Waals surface area contributed by atoms with Crippen LogP contribution in [0.2, 0.25) is 0 Å². The third kappa shape index (κ3) is 4.23. The predicted octanol–water partition coefficient (Wildman–Crippen LogP) is 15.2. The summed E-state index contributed by atoms with van der Waals surface area (Å²) in [6.07, 6.45) is 0. The molecule has 9 aromatic carbocycles. The lowest BCUT2D eigenvalue weighted by Gasteiger charge is -2.26. The van der Waals surface area contributed by atoms with Gasteiger partial charge in [-0.05, 0) is 85.6 Å². The molecule has 0 fully saturated rings. The second-order valence-corrected chi connectivity index (χ2v) is 15.3. The van der Waals surface area contributed by atoms with E-state index in [1.165, 1.54) is 68.8 Å². The van der Waals surface area contributed by atoms with Crippen LogP contribution in [0, 0.1) is 0 Å². The molecule has 0 amide bonds. The Morgan fingerprint density at radius 3 is 1.92 bits per heavy atom. The normalized spacial score (nSPS) is 12.2. The molecule has 11 aromatic rings. The minimum absolute atomic E-state index is 0.452. The van der Waals surface area contributed by atoms with E-state index >= 15 is 0 Å². The van der Waals surface area contributed by atoms with Crippen LogP contribution in [0.5, 0.6) is 0 Å². The second kappa shape index (κ2) is 11.2. The molecule has 0 saturated heterocycles. The highest BCUT2D eigenvalue weighted by Gasteiger charge is 2.22. The summed E-state index contributed by atoms with van der Waals surface area (Å²) < 4.78 is 9.35. The number of thiophene rings is 1. The van der Waals surface area contributed by atoms with Crippen LogP contribution < -0.4 is 4.90 Å². The van der Waals surface area contributed by atoms with Crippen molar-refractivity contribution in [1.29, 1.82) is 0 Å². The van der Waals surface area contributed by atoms with Crippen LogP contribution in [0.4, 0.5) is 17.1 Å². The van der Waals surface area contributed by atoms with Gasteiger partial charge in [-0.1, -0.05) is 135 Å². The van der Waals surface area contributed by atoms with Gasteiger partial charge in [-0.2, -0.15) is 0 Å². The summed E-state index contributed by atoms with van der Waals surface area (Å²) in [5.41, 5.74) is 6.32. The average molecular weight is 684 g/mol. The van der Waals surface area contributed by atoms with Crippen molar-refractivity contribution in [3.05, 3.63) is 163 Å². The smallest absolute Gasteiger partial charge is 0.159 e. The number of para-hydroxylation sites is 2. The first-order chi connectivity index (χ1) is 25.6. The third-order valence-corrected chi connectivity index (χ3v) is 12.3. The number of rotatable bonds is 4. The molecule has 2 nitrogen and oxygen atoms in total. The highest BCUT2D eigenvalue weighted by atomic mass is 32.1. The summed E-state index contributed by atoms with van der Waals surface area (Å²) in [7, 11) is 0. The van der Waals surface area contributed by atoms with E-state index in [1.54, 1.807) is 0 Å². The molecule has 0 N–H and O–H groups in total. The summed E-state index contributed by atoms with van der Waals surface area (Å²) in [6.45, 7) is 4.49. The van der Waals surface area contributed by atoms with Gasteiger partial charge in [0.15, 0.2) is 5.58 Å². The van der Waals surface area contributed by atoms with Gasteiger partial charge in [-0.3, -0.25) is 0 Å². The summed E-state index contributed by atoms with van der Waals surface area (Å²) >= 11 is 1.93. The van der Waals surface area contributed by atoms with Gasteiger partial charge in [-0.25, -0.2) is 0 Å². The molecular formula is C49H33NOS. The monoisotopic (exact) mass is 683 g/mol. The van der Waals surface area contributed by atoms with Crippen molar-refractivity contribution in [1.82, 2.24) is 0 Å². The first kappa shape index (κ1) is 29.6. The van der Waals surface area contributed by atoms with Crippen molar-refractivity contribution in [3.8, 4) is 0 Å². The minimum Gasteiger partial charge on any atom is -0.454 e. The Bertz CT molecular complexity index is 3200. The molecule has 0 atom stereocenters. The van der Waals surface area contributed by atoms with Crippen molar-refractivity contribution < 1.29 is 4.42 Å². The molecule has 0 bridgehead atoms. The summed E-state index contributed by atoms with van der Waals surface area (Å²) in [4.78, 5) is 2.37. The molecule has 0 aliphatic heterocycles. The number of nitrogens with zero attached hydrogens (tertiary/aromatic N) is 1. The standard InChI is InChI=1S/C49H33NOS/c1-29(2)30-18-21-32(22-19-30)50(44-16-9-15-40-37-13-7-8-17-45(37)51-47(40)44)33-23-25-36-39-26-27-42-41-24-20-31-10-3-4-11-34(31)48(41)52-49(42)46(39)38-14-6-5-12-35(38)43(36)28-33/h3-29H,1-2H3. The number of hydrogen-bond donors (Lipinski definition) is 0. The van der Waals surface area contributed by atoms with Gasteiger partial charge in [0.25, 0.3) is 0 Å². The molecule has 0 radical (unpaired) electrons. The summed E-state index contributed by atoms with van der Waals surface area (Å²) in [5.74, 6) is 0.452. The van der Waals surface area contributed by atoms with Gasteiger partial charge in [0, 0.05) is 47.7 Å². The number of furan rings is 1. The maximum Gasteiger partial charge on any atom is 0.159 e. The lowest BCUT2D eigenvalue weighted by molar-refractivity contribution is 0.669. The zero-order chi connectivity index (χ0) is 34.5. The fourth-order valence-electron chi connectivity index (χ4n) is 8.47. The molecule has 3 heteroatoms. The van der Waals surface area contributed by atoms with Gasteiger partial charge < -0.3 is 9.32 Å². The number of hydrogen-bond acceptors (Lipinski definition) is 3. The van der Waals surface area contributed by atoms with Crippen LogP contribution in [0.15, 0.2) is 162 Å². The van der Waals surface area contributed by atoms with Gasteiger partial charge in [0.2, 0.25) is 0 Å². The van der Waals surface area contributed by atoms with Crippen molar-refractivity contribution in [3.63, 3.8) is 0 Å². The highest BCUT2D eigenvalue weighted by molar-refractivity contribution is 7.27. The lowest BCUT2D eigenvalue weighted by Crippen LogP contribution is -2.10. The van der Waals surface area contributed by atoms with E-state index in [1.807, 2.05) is 17.4 Å². The average Bonchev–Trinajstić information content (AvgIpc) is 3.78. The Morgan fingerprint density at radius 1 is 0.462 bits per heavy atom. The van der Waals surface area contributed by atoms with Crippen molar-refractivity contribution in [2.24, 2.45) is 0 Å². The van der Waals surface area contributed by atoms with E-state index < -0.39 is 0 Å². The molecule has 11 rings (SSSR count). The van der Waals surface area contributed by atoms with E-state index in [0.717, 1.165) is 39.0 Å². The SMILES string of the molecule is CC(C)c1ccc(N(c2ccc3c(c2)c2ccccc2c2c3ccc3c4ccc5ccccc5c4sc32)c2cccc3c2oc2ccccc23)cc1. The Morgan fingerprint density at radius 2 is 1.08 bits per heavy atom. The van der Waals surface area contributed by atoms with Gasteiger partial charge in [0.05, 0.1) is 5.69 Å². The molecule has 246 valence electrons. The Hall–Kier alpha value is -6.16. The Labute approximate surface area is 304 Å². The first-order valence-electron chi connectivity index (χ1n) is 18.0. The van der Waals surface area contributed by atoms with Crippen LogP contribution in [0.3, 0.4) is 0 Å². The molecule has 52 heavy (non-hydrogen) atoms. The van der Waals surface area contributed by atoms with E-state index in [4.69, 9.17) is 4.42 Å². The Kier molecular flexibility index (Phi) is 6.35. The molecule has 0 saturated carbocycles. The molecule has 2 aromatic heterocycles. The largest absolute Gasteiger partial charge is 0.454 e. The zero-order valence-corrected chi connectivity index (χ0v) is 29.7. The number of benzene rings is 9. The maximum atomic E-state index is 6.64. The van der Waals surface area contributed by atoms with Crippen molar-refractivity contribution >= 4 is 114 Å². The zero-order valence-electron chi connectivity index (χ0n) is 28.9. The van der Waals surface area contributed by atoms with Crippen molar-refractivity contribution in [2.45, 2.75) is 19.8 Å². The predicted molar refractivity (Wildman–Crippen MR) is 225 cm³/mol. The van der Waals surface area contributed by atoms with E-state index in [-0.39, 0.29) is 0 Å². The summed E-state index contributed by atoms with van der Waals surface area (Å²) in [6, 6.07) is 57.9. The number of fused-ring (bicyclic) bond motifs is 15. The molecule has 0 aliphatic rings. The van der Waals surface area contributed by atoms with E-state index in [0.29, 0.717) is 5.92 Å². The number of anilines is 3. The fourth-order valence-corrected chi connectivity index (χ4v) is 9.87. The van der Waals surface area contributed by atoms with Gasteiger partial charge in [-0.15, -0.1) is 11.3 Å². The topological polar surface area (TPSA) is 16.4 Å². The fraction of sp³-hybridized carbons (Fsp3) is 0.0612. The highest BCUT2D eigenvalue weighted by Crippen LogP contribution is 2.48. The lowest BCUT2D eigenvalue weighted by atomic mass is 9.92. The minimum atomic E-state index is 0.452. The van der Waals surface area contributed by atoms with E-state index in [2.05, 4.69) is 170 Å². The second-order valence-electron chi connectivity index (χ2n) is 14.2. The third-order valence-electron chi connectivity index (χ3n) is 11.0. The van der Waals surface area contributed by atoms with Crippen LogP contribution in [0.25, 0.3) is 85.2 Å². The quantitative estimate of drug-likeness (QED) is 0.172. The molecular weight excluding hydrogens is 651 g/mol. The van der Waals surface area contributed by atoms with E-state index in [9.17, 15) is 0 Å². The van der Waals surface area contributed by atoms with Crippen LogP contribution in [0.1, 0.15) is 25.3 Å². The summed E-state index contributed by atoms with van der Waals surface area (Å²) in [5, 5.41) is 15.2. The van der Waals surface area contributed by atoms with Crippen LogP contribution in [-0.4, -0.2) is 0 Å². The molecule has 0 unspecified atom stereocenters. The molecule has 2 heterocycles. The Balaban J connectivity index is 1.20.